The van der Waals surface area contributed by atoms with E-state index in [0.717, 1.165) is 39.8 Å². The molecule has 1 aliphatic rings. The molecule has 2 heterocycles. The second kappa shape index (κ2) is 7.53. The van der Waals surface area contributed by atoms with Crippen LogP contribution in [0.15, 0.2) is 70.5 Å². The molecule has 0 aliphatic carbocycles. The average molecular weight is 435 g/mol. The zero-order valence-electron chi connectivity index (χ0n) is 15.4. The van der Waals surface area contributed by atoms with Crippen LogP contribution in [0, 0.1) is 11.3 Å². The van der Waals surface area contributed by atoms with Crippen LogP contribution in [-0.2, 0) is 6.42 Å². The van der Waals surface area contributed by atoms with Crippen molar-refractivity contribution in [2.75, 3.05) is 0 Å². The summed E-state index contributed by atoms with van der Waals surface area (Å²) in [5, 5.41) is 14.7. The van der Waals surface area contributed by atoms with E-state index in [1.165, 1.54) is 0 Å². The maximum atomic E-state index is 9.81. The molecule has 140 valence electrons. The third kappa shape index (κ3) is 3.08. The number of aryl methyl sites for hydroxylation is 1. The Morgan fingerprint density at radius 2 is 1.89 bits per heavy atom. The summed E-state index contributed by atoms with van der Waals surface area (Å²) in [4.78, 5) is 0. The topological polar surface area (TPSA) is 76.9 Å². The number of nitriles is 1. The Kier molecular flexibility index (Phi) is 4.93. The number of nitrogens with zero attached hydrogens (tertiary/aromatic N) is 3. The van der Waals surface area contributed by atoms with E-state index in [2.05, 4.69) is 28.9 Å². The molecule has 0 bridgehead atoms. The Morgan fingerprint density at radius 1 is 1.18 bits per heavy atom. The fourth-order valence-electron chi connectivity index (χ4n) is 3.57. The van der Waals surface area contributed by atoms with Crippen LogP contribution in [0.5, 0.6) is 5.88 Å². The number of rotatable bonds is 4. The van der Waals surface area contributed by atoms with Gasteiger partial charge in [0.1, 0.15) is 11.6 Å². The number of aromatic nitrogens is 2. The summed E-state index contributed by atoms with van der Waals surface area (Å²) in [6.45, 7) is 2.11. The lowest BCUT2D eigenvalue weighted by molar-refractivity contribution is 0.367. The predicted molar refractivity (Wildman–Crippen MR) is 111 cm³/mol. The minimum Gasteiger partial charge on any atom is -0.422 e. The van der Waals surface area contributed by atoms with E-state index in [-0.39, 0.29) is 11.8 Å². The normalized spacial score (nSPS) is 15.7. The smallest absolute Gasteiger partial charge is 0.229 e. The summed E-state index contributed by atoms with van der Waals surface area (Å²) in [7, 11) is 0. The fourth-order valence-corrected chi connectivity index (χ4v) is 3.83. The highest BCUT2D eigenvalue weighted by Crippen LogP contribution is 2.45. The third-order valence-corrected chi connectivity index (χ3v) is 5.34. The van der Waals surface area contributed by atoms with Gasteiger partial charge in [-0.15, -0.1) is 0 Å². The molecule has 1 atom stereocenters. The first-order chi connectivity index (χ1) is 13.6. The standard InChI is InChI=1S/C22H19BrN4O/c1-2-6-18-20-19(14-9-11-15(23)12-10-14)17(13-24)21(25)28-22(20)27(26-18)16-7-4-3-5-8-16/h3-5,7-12,19H,2,6,25H2,1H3/t19-/m1/s1. The first-order valence-corrected chi connectivity index (χ1v) is 9.93. The maximum Gasteiger partial charge on any atom is 0.229 e. The first-order valence-electron chi connectivity index (χ1n) is 9.14. The van der Waals surface area contributed by atoms with Crippen LogP contribution in [0.4, 0.5) is 0 Å². The highest BCUT2D eigenvalue weighted by molar-refractivity contribution is 9.10. The van der Waals surface area contributed by atoms with Crippen molar-refractivity contribution in [3.63, 3.8) is 0 Å². The second-order valence-corrected chi connectivity index (χ2v) is 7.55. The Bertz CT molecular complexity index is 1080. The molecule has 2 N–H and O–H groups in total. The lowest BCUT2D eigenvalue weighted by Crippen LogP contribution is -2.22. The molecule has 0 saturated carbocycles. The molecule has 5 nitrogen and oxygen atoms in total. The number of hydrogen-bond donors (Lipinski definition) is 1. The highest BCUT2D eigenvalue weighted by Gasteiger charge is 2.36. The molecule has 6 heteroatoms. The van der Waals surface area contributed by atoms with E-state index in [0.29, 0.717) is 11.5 Å². The van der Waals surface area contributed by atoms with Crippen molar-refractivity contribution in [2.24, 2.45) is 5.73 Å². The number of para-hydroxylation sites is 1. The molecule has 3 aromatic rings. The first kappa shape index (κ1) is 18.3. The molecule has 0 radical (unpaired) electrons. The van der Waals surface area contributed by atoms with Crippen molar-refractivity contribution in [3.8, 4) is 17.6 Å². The average Bonchev–Trinajstić information content (AvgIpc) is 3.06. The van der Waals surface area contributed by atoms with E-state index in [9.17, 15) is 5.26 Å². The Hall–Kier alpha value is -3.04. The van der Waals surface area contributed by atoms with Gasteiger partial charge in [-0.2, -0.15) is 10.4 Å². The van der Waals surface area contributed by atoms with Crippen molar-refractivity contribution in [1.29, 1.82) is 5.26 Å². The van der Waals surface area contributed by atoms with Crippen LogP contribution >= 0.6 is 15.9 Å². The SMILES string of the molecule is CCCc1nn(-c2ccccc2)c2c1[C@H](c1ccc(Br)cc1)C(C#N)=C(N)O2. The number of allylic oxidation sites excluding steroid dienone is 1. The van der Waals surface area contributed by atoms with E-state index in [4.69, 9.17) is 15.6 Å². The van der Waals surface area contributed by atoms with Crippen molar-refractivity contribution in [2.45, 2.75) is 25.7 Å². The predicted octanol–water partition coefficient (Wildman–Crippen LogP) is 4.81. The molecule has 28 heavy (non-hydrogen) atoms. The molecule has 0 saturated heterocycles. The third-order valence-electron chi connectivity index (χ3n) is 4.82. The van der Waals surface area contributed by atoms with Gasteiger partial charge in [0.05, 0.1) is 22.9 Å². The number of benzene rings is 2. The number of halogens is 1. The summed E-state index contributed by atoms with van der Waals surface area (Å²) in [6, 6.07) is 20.0. The quantitative estimate of drug-likeness (QED) is 0.639. The summed E-state index contributed by atoms with van der Waals surface area (Å²) >= 11 is 3.48. The Labute approximate surface area is 172 Å². The summed E-state index contributed by atoms with van der Waals surface area (Å²) in [6.07, 6.45) is 1.73. The van der Waals surface area contributed by atoms with Gasteiger partial charge in [0, 0.05) is 4.47 Å². The molecule has 0 unspecified atom stereocenters. The van der Waals surface area contributed by atoms with Gasteiger partial charge in [-0.25, -0.2) is 4.68 Å². The Morgan fingerprint density at radius 3 is 2.54 bits per heavy atom. The zero-order chi connectivity index (χ0) is 19.7. The van der Waals surface area contributed by atoms with Gasteiger partial charge in [-0.1, -0.05) is 59.6 Å². The molecule has 1 aromatic heterocycles. The fraction of sp³-hybridized carbons (Fsp3) is 0.182. The van der Waals surface area contributed by atoms with E-state index in [1.807, 2.05) is 54.6 Å². The van der Waals surface area contributed by atoms with Gasteiger partial charge in [-0.05, 0) is 36.2 Å². The maximum absolute atomic E-state index is 9.81. The molecular formula is C22H19BrN4O. The zero-order valence-corrected chi connectivity index (χ0v) is 17.0. The van der Waals surface area contributed by atoms with Gasteiger partial charge >= 0.3 is 0 Å². The van der Waals surface area contributed by atoms with Gasteiger partial charge < -0.3 is 10.5 Å². The van der Waals surface area contributed by atoms with Gasteiger partial charge in [0.25, 0.3) is 0 Å². The number of ether oxygens (including phenoxy) is 1. The largest absolute Gasteiger partial charge is 0.422 e. The van der Waals surface area contributed by atoms with Crippen LogP contribution in [0.2, 0.25) is 0 Å². The number of hydrogen-bond acceptors (Lipinski definition) is 4. The van der Waals surface area contributed by atoms with Crippen LogP contribution in [0.25, 0.3) is 5.69 Å². The highest BCUT2D eigenvalue weighted by atomic mass is 79.9. The van der Waals surface area contributed by atoms with Crippen molar-refractivity contribution in [3.05, 3.63) is 87.3 Å². The minimum atomic E-state index is -0.305. The lowest BCUT2D eigenvalue weighted by atomic mass is 9.83. The van der Waals surface area contributed by atoms with E-state index in [1.54, 1.807) is 4.68 Å². The summed E-state index contributed by atoms with van der Waals surface area (Å²) in [5.74, 6) is 0.406. The molecule has 0 fully saturated rings. The van der Waals surface area contributed by atoms with Crippen LogP contribution in [0.1, 0.15) is 36.1 Å². The van der Waals surface area contributed by atoms with Gasteiger partial charge in [0.15, 0.2) is 0 Å². The second-order valence-electron chi connectivity index (χ2n) is 6.64. The number of nitrogens with two attached hydrogens (primary N) is 1. The molecule has 0 spiro atoms. The summed E-state index contributed by atoms with van der Waals surface area (Å²) < 4.78 is 8.71. The molecule has 0 amide bonds. The number of fused-ring (bicyclic) bond motifs is 1. The lowest BCUT2D eigenvalue weighted by Gasteiger charge is -2.25. The molecule has 2 aromatic carbocycles. The minimum absolute atomic E-state index is 0.128. The van der Waals surface area contributed by atoms with Crippen LogP contribution in [0.3, 0.4) is 0 Å². The molecular weight excluding hydrogens is 416 g/mol. The summed E-state index contributed by atoms with van der Waals surface area (Å²) in [5.41, 5.74) is 10.3. The van der Waals surface area contributed by atoms with Crippen LogP contribution < -0.4 is 10.5 Å². The molecule has 4 rings (SSSR count). The van der Waals surface area contributed by atoms with Gasteiger partial charge in [0.2, 0.25) is 11.8 Å². The van der Waals surface area contributed by atoms with Gasteiger partial charge in [-0.3, -0.25) is 0 Å². The monoisotopic (exact) mass is 434 g/mol. The van der Waals surface area contributed by atoms with E-state index < -0.39 is 0 Å². The van der Waals surface area contributed by atoms with Crippen molar-refractivity contribution in [1.82, 2.24) is 9.78 Å². The van der Waals surface area contributed by atoms with Crippen LogP contribution in [-0.4, -0.2) is 9.78 Å². The van der Waals surface area contributed by atoms with Crippen molar-refractivity contribution < 1.29 is 4.74 Å². The Balaban J connectivity index is 1.97. The van der Waals surface area contributed by atoms with E-state index >= 15 is 0 Å². The molecule has 1 aliphatic heterocycles. The van der Waals surface area contributed by atoms with Crippen molar-refractivity contribution >= 4 is 15.9 Å².